The topological polar surface area (TPSA) is 53.2 Å². The second-order valence-corrected chi connectivity index (χ2v) is 5.36. The van der Waals surface area contributed by atoms with Gasteiger partial charge in [0.05, 0.1) is 0 Å². The lowest BCUT2D eigenvalue weighted by molar-refractivity contribution is 0.248. The number of rotatable bonds is 5. The summed E-state index contributed by atoms with van der Waals surface area (Å²) in [5, 5.41) is 9.03. The molecule has 2 amide bonds. The molecule has 0 saturated heterocycles. The maximum absolute atomic E-state index is 11.8. The van der Waals surface area contributed by atoms with Crippen molar-refractivity contribution in [2.45, 2.75) is 38.8 Å². The number of hydrogen-bond donors (Lipinski definition) is 3. The van der Waals surface area contributed by atoms with Gasteiger partial charge in [0, 0.05) is 17.8 Å². The lowest BCUT2D eigenvalue weighted by Crippen LogP contribution is -2.37. The van der Waals surface area contributed by atoms with E-state index in [4.69, 9.17) is 0 Å². The van der Waals surface area contributed by atoms with Crippen LogP contribution in [-0.2, 0) is 0 Å². The Balaban J connectivity index is 1.86. The van der Waals surface area contributed by atoms with Crippen molar-refractivity contribution in [2.24, 2.45) is 5.92 Å². The highest BCUT2D eigenvalue weighted by molar-refractivity contribution is 5.89. The van der Waals surface area contributed by atoms with Crippen molar-refractivity contribution >= 4 is 11.7 Å². The van der Waals surface area contributed by atoms with E-state index >= 15 is 0 Å². The van der Waals surface area contributed by atoms with E-state index in [1.165, 1.54) is 18.4 Å². The third-order valence-electron chi connectivity index (χ3n) is 3.79. The quantitative estimate of drug-likeness (QED) is 0.763. The van der Waals surface area contributed by atoms with Gasteiger partial charge in [-0.15, -0.1) is 0 Å². The highest BCUT2D eigenvalue weighted by atomic mass is 16.2. The van der Waals surface area contributed by atoms with Gasteiger partial charge in [-0.1, -0.05) is 12.1 Å². The summed E-state index contributed by atoms with van der Waals surface area (Å²) in [4.78, 5) is 11.8. The Morgan fingerprint density at radius 3 is 2.37 bits per heavy atom. The number of carbonyl (C=O) groups excluding carboxylic acids is 1. The molecule has 104 valence electrons. The molecule has 0 radical (unpaired) electrons. The van der Waals surface area contributed by atoms with Crippen LogP contribution in [-0.4, -0.2) is 19.1 Å². The lowest BCUT2D eigenvalue weighted by atomic mass is 10.1. The van der Waals surface area contributed by atoms with E-state index in [9.17, 15) is 4.79 Å². The molecule has 4 heteroatoms. The minimum atomic E-state index is -0.117. The van der Waals surface area contributed by atoms with Gasteiger partial charge in [0.15, 0.2) is 0 Å². The van der Waals surface area contributed by atoms with Gasteiger partial charge in [-0.05, 0) is 57.4 Å². The molecule has 0 bridgehead atoms. The maximum Gasteiger partial charge on any atom is 0.319 e. The van der Waals surface area contributed by atoms with Crippen molar-refractivity contribution in [2.75, 3.05) is 12.4 Å². The molecule has 0 heterocycles. The highest BCUT2D eigenvalue weighted by Gasteiger charge is 2.28. The number of carbonyl (C=O) groups is 1. The Bertz CT molecular complexity index is 426. The summed E-state index contributed by atoms with van der Waals surface area (Å²) >= 11 is 0. The number of anilines is 1. The van der Waals surface area contributed by atoms with Gasteiger partial charge in [-0.25, -0.2) is 4.79 Å². The van der Waals surface area contributed by atoms with Gasteiger partial charge in [-0.2, -0.15) is 0 Å². The third kappa shape index (κ3) is 3.96. The molecule has 19 heavy (non-hydrogen) atoms. The van der Waals surface area contributed by atoms with Gasteiger partial charge < -0.3 is 16.0 Å². The molecule has 2 unspecified atom stereocenters. The van der Waals surface area contributed by atoms with E-state index < -0.39 is 0 Å². The Labute approximate surface area is 115 Å². The average molecular weight is 261 g/mol. The molecule has 1 aromatic rings. The Hall–Kier alpha value is -1.55. The Morgan fingerprint density at radius 1 is 1.21 bits per heavy atom. The highest BCUT2D eigenvalue weighted by Crippen LogP contribution is 2.32. The molecule has 0 spiro atoms. The zero-order chi connectivity index (χ0) is 13.8. The summed E-state index contributed by atoms with van der Waals surface area (Å²) in [6.45, 7) is 4.17. The molecule has 1 saturated carbocycles. The molecule has 0 aliphatic heterocycles. The molecule has 2 atom stereocenters. The minimum absolute atomic E-state index is 0.117. The zero-order valence-electron chi connectivity index (χ0n) is 11.9. The van der Waals surface area contributed by atoms with Crippen LogP contribution in [0, 0.1) is 5.92 Å². The van der Waals surface area contributed by atoms with E-state index in [1.54, 1.807) is 0 Å². The summed E-state index contributed by atoms with van der Waals surface area (Å²) in [7, 11) is 1.93. The van der Waals surface area contributed by atoms with Crippen LogP contribution in [0.4, 0.5) is 10.5 Å². The second kappa shape index (κ2) is 6.06. The van der Waals surface area contributed by atoms with Crippen LogP contribution in [0.2, 0.25) is 0 Å². The Morgan fingerprint density at radius 2 is 1.84 bits per heavy atom. The maximum atomic E-state index is 11.8. The first-order valence-electron chi connectivity index (χ1n) is 6.95. The molecule has 1 aromatic carbocycles. The molecule has 1 aliphatic carbocycles. The van der Waals surface area contributed by atoms with Gasteiger partial charge >= 0.3 is 6.03 Å². The van der Waals surface area contributed by atoms with Gasteiger partial charge in [-0.3, -0.25) is 0 Å². The molecule has 1 fully saturated rings. The smallest absolute Gasteiger partial charge is 0.319 e. The average Bonchev–Trinajstić information content (AvgIpc) is 3.22. The van der Waals surface area contributed by atoms with Crippen LogP contribution in [0.15, 0.2) is 24.3 Å². The first-order chi connectivity index (χ1) is 9.10. The summed E-state index contributed by atoms with van der Waals surface area (Å²) in [6, 6.07) is 8.40. The summed E-state index contributed by atoms with van der Waals surface area (Å²) in [5.41, 5.74) is 2.03. The summed E-state index contributed by atoms with van der Waals surface area (Å²) in [5.74, 6) is 0.671. The normalized spacial score (nSPS) is 17.6. The van der Waals surface area contributed by atoms with Crippen molar-refractivity contribution in [1.29, 1.82) is 0 Å². The van der Waals surface area contributed by atoms with Crippen molar-refractivity contribution < 1.29 is 4.79 Å². The van der Waals surface area contributed by atoms with Gasteiger partial charge in [0.2, 0.25) is 0 Å². The molecule has 4 nitrogen and oxygen atoms in total. The van der Waals surface area contributed by atoms with Crippen LogP contribution in [0.1, 0.15) is 38.3 Å². The first-order valence-corrected chi connectivity index (χ1v) is 6.95. The van der Waals surface area contributed by atoms with Gasteiger partial charge in [0.25, 0.3) is 0 Å². The Kier molecular flexibility index (Phi) is 4.43. The molecule has 1 aliphatic rings. The van der Waals surface area contributed by atoms with Crippen LogP contribution in [0.3, 0.4) is 0 Å². The van der Waals surface area contributed by atoms with Crippen LogP contribution >= 0.6 is 0 Å². The SMILES string of the molecule is CNC(C)c1ccc(NC(=O)NC(C)C2CC2)cc1. The van der Waals surface area contributed by atoms with Crippen LogP contribution in [0.25, 0.3) is 0 Å². The molecule has 2 rings (SSSR count). The van der Waals surface area contributed by atoms with Crippen molar-refractivity contribution in [1.82, 2.24) is 10.6 Å². The standard InChI is InChI=1S/C15H23N3O/c1-10(16-3)12-6-8-14(9-7-12)18-15(19)17-11(2)13-4-5-13/h6-11,13,16H,4-5H2,1-3H3,(H2,17,18,19). The second-order valence-electron chi connectivity index (χ2n) is 5.36. The summed E-state index contributed by atoms with van der Waals surface area (Å²) in [6.07, 6.45) is 2.47. The molecule has 0 aromatic heterocycles. The van der Waals surface area contributed by atoms with E-state index in [0.717, 1.165) is 5.69 Å². The fourth-order valence-corrected chi connectivity index (χ4v) is 2.11. The lowest BCUT2D eigenvalue weighted by Gasteiger charge is -2.14. The van der Waals surface area contributed by atoms with E-state index in [-0.39, 0.29) is 12.1 Å². The number of nitrogens with one attached hydrogen (secondary N) is 3. The van der Waals surface area contributed by atoms with Crippen molar-refractivity contribution in [3.8, 4) is 0 Å². The molecule has 3 N–H and O–H groups in total. The van der Waals surface area contributed by atoms with E-state index in [2.05, 4.69) is 29.8 Å². The number of hydrogen-bond acceptors (Lipinski definition) is 2. The minimum Gasteiger partial charge on any atom is -0.335 e. The fourth-order valence-electron chi connectivity index (χ4n) is 2.11. The van der Waals surface area contributed by atoms with Crippen molar-refractivity contribution in [3.05, 3.63) is 29.8 Å². The fraction of sp³-hybridized carbons (Fsp3) is 0.533. The number of benzene rings is 1. The van der Waals surface area contributed by atoms with Crippen LogP contribution < -0.4 is 16.0 Å². The van der Waals surface area contributed by atoms with E-state index in [1.807, 2.05) is 31.3 Å². The molecular formula is C15H23N3O. The predicted octanol–water partition coefficient (Wildman–Crippen LogP) is 2.89. The van der Waals surface area contributed by atoms with E-state index in [0.29, 0.717) is 12.0 Å². The van der Waals surface area contributed by atoms with Crippen molar-refractivity contribution in [3.63, 3.8) is 0 Å². The number of urea groups is 1. The first kappa shape index (κ1) is 13.9. The van der Waals surface area contributed by atoms with Crippen LogP contribution in [0.5, 0.6) is 0 Å². The third-order valence-corrected chi connectivity index (χ3v) is 3.79. The monoisotopic (exact) mass is 261 g/mol. The molecular weight excluding hydrogens is 238 g/mol. The predicted molar refractivity (Wildman–Crippen MR) is 78.3 cm³/mol. The zero-order valence-corrected chi connectivity index (χ0v) is 11.9. The largest absolute Gasteiger partial charge is 0.335 e. The van der Waals surface area contributed by atoms with Gasteiger partial charge in [0.1, 0.15) is 0 Å². The number of amides is 2. The summed E-state index contributed by atoms with van der Waals surface area (Å²) < 4.78 is 0.